The van der Waals surface area contributed by atoms with E-state index >= 15 is 0 Å². The molecule has 1 aliphatic heterocycles. The van der Waals surface area contributed by atoms with Gasteiger partial charge >= 0.3 is 6.09 Å². The molecule has 1 N–H and O–H groups in total. The number of rotatable bonds is 5. The third-order valence-electron chi connectivity index (χ3n) is 3.72. The number of piperidine rings is 1. The van der Waals surface area contributed by atoms with E-state index in [4.69, 9.17) is 9.84 Å². The van der Waals surface area contributed by atoms with Crippen LogP contribution in [0.2, 0.25) is 0 Å². The number of hydrogen-bond acceptors (Lipinski definition) is 4. The molecule has 1 amide bonds. The van der Waals surface area contributed by atoms with Crippen molar-refractivity contribution in [1.82, 2.24) is 4.90 Å². The molecule has 1 fully saturated rings. The summed E-state index contributed by atoms with van der Waals surface area (Å²) < 4.78 is 5.05. The van der Waals surface area contributed by atoms with Crippen molar-refractivity contribution in [2.75, 3.05) is 26.3 Å². The van der Waals surface area contributed by atoms with Crippen molar-refractivity contribution in [3.8, 4) is 0 Å². The van der Waals surface area contributed by atoms with Crippen LogP contribution in [0.1, 0.15) is 37.5 Å². The van der Waals surface area contributed by atoms with Crippen molar-refractivity contribution in [3.05, 3.63) is 28.0 Å². The number of amides is 1. The zero-order valence-corrected chi connectivity index (χ0v) is 13.3. The van der Waals surface area contributed by atoms with Crippen LogP contribution in [0.3, 0.4) is 0 Å². The fraction of sp³-hybridized carbons (Fsp3) is 0.562. The number of allylic oxidation sites excluding steroid dienone is 1. The molecule has 0 saturated carbocycles. The van der Waals surface area contributed by atoms with Gasteiger partial charge in [-0.15, -0.1) is 11.3 Å². The number of hydrogen-bond donors (Lipinski definition) is 1. The maximum absolute atomic E-state index is 11.7. The van der Waals surface area contributed by atoms with Crippen molar-refractivity contribution in [3.63, 3.8) is 0 Å². The topological polar surface area (TPSA) is 49.8 Å². The summed E-state index contributed by atoms with van der Waals surface area (Å²) in [6.07, 6.45) is 3.29. The minimum Gasteiger partial charge on any atom is -0.450 e. The van der Waals surface area contributed by atoms with Crippen LogP contribution in [-0.4, -0.2) is 42.4 Å². The molecule has 0 bridgehead atoms. The first-order valence-electron chi connectivity index (χ1n) is 7.53. The summed E-state index contributed by atoms with van der Waals surface area (Å²) in [7, 11) is 0. The van der Waals surface area contributed by atoms with Gasteiger partial charge in [-0.3, -0.25) is 0 Å². The Morgan fingerprint density at radius 2 is 2.19 bits per heavy atom. The molecule has 0 aliphatic carbocycles. The zero-order valence-electron chi connectivity index (χ0n) is 12.5. The van der Waals surface area contributed by atoms with Crippen molar-refractivity contribution in [1.29, 1.82) is 0 Å². The predicted octanol–water partition coefficient (Wildman–Crippen LogP) is 3.53. The standard InChI is InChI=1S/C16H23NO3S/c1-2-20-16(19)17-9-7-13(8-10-17)14(5-3-11-18)15-6-4-12-21-15/h4,6,12,18H,2-3,5,7-11H2,1H3. The fourth-order valence-corrected chi connectivity index (χ4v) is 3.51. The summed E-state index contributed by atoms with van der Waals surface area (Å²) in [6.45, 7) is 3.92. The smallest absolute Gasteiger partial charge is 0.409 e. The van der Waals surface area contributed by atoms with Crippen LogP contribution < -0.4 is 0 Å². The minimum atomic E-state index is -0.204. The van der Waals surface area contributed by atoms with Crippen molar-refractivity contribution < 1.29 is 14.6 Å². The number of thiophene rings is 1. The first-order chi connectivity index (χ1) is 10.3. The molecule has 0 spiro atoms. The Hall–Kier alpha value is -1.33. The molecule has 21 heavy (non-hydrogen) atoms. The number of aliphatic hydroxyl groups excluding tert-OH is 1. The quantitative estimate of drug-likeness (QED) is 0.905. The van der Waals surface area contributed by atoms with Crippen molar-refractivity contribution in [2.24, 2.45) is 0 Å². The van der Waals surface area contributed by atoms with E-state index in [9.17, 15) is 4.79 Å². The minimum absolute atomic E-state index is 0.204. The van der Waals surface area contributed by atoms with E-state index in [1.165, 1.54) is 16.0 Å². The molecule has 0 atom stereocenters. The summed E-state index contributed by atoms with van der Waals surface area (Å²) in [5, 5.41) is 11.2. The normalized spacial score (nSPS) is 15.1. The van der Waals surface area contributed by atoms with Crippen LogP contribution >= 0.6 is 11.3 Å². The lowest BCUT2D eigenvalue weighted by Crippen LogP contribution is -2.37. The van der Waals surface area contributed by atoms with Gasteiger partial charge in [0.2, 0.25) is 0 Å². The van der Waals surface area contributed by atoms with E-state index in [0.29, 0.717) is 6.61 Å². The lowest BCUT2D eigenvalue weighted by molar-refractivity contribution is 0.104. The largest absolute Gasteiger partial charge is 0.450 e. The highest BCUT2D eigenvalue weighted by Gasteiger charge is 2.22. The van der Waals surface area contributed by atoms with Crippen LogP contribution in [-0.2, 0) is 4.74 Å². The SMILES string of the molecule is CCOC(=O)N1CCC(=C(CCCO)c2cccs2)CC1. The third kappa shape index (κ3) is 4.32. The first-order valence-corrected chi connectivity index (χ1v) is 8.41. The molecule has 0 aromatic carbocycles. The van der Waals surface area contributed by atoms with Crippen LogP contribution in [0, 0.1) is 0 Å². The van der Waals surface area contributed by atoms with Gasteiger partial charge in [-0.25, -0.2) is 4.79 Å². The Kier molecular flexibility index (Phi) is 6.26. The van der Waals surface area contributed by atoms with Crippen molar-refractivity contribution >= 4 is 23.0 Å². The zero-order chi connectivity index (χ0) is 15.1. The van der Waals surface area contributed by atoms with Gasteiger partial charge < -0.3 is 14.7 Å². The van der Waals surface area contributed by atoms with Gasteiger partial charge in [0.05, 0.1) is 6.61 Å². The van der Waals surface area contributed by atoms with Gasteiger partial charge in [-0.05, 0) is 49.6 Å². The number of carbonyl (C=O) groups is 1. The van der Waals surface area contributed by atoms with Crippen molar-refractivity contribution in [2.45, 2.75) is 32.6 Å². The van der Waals surface area contributed by atoms with Crippen LogP contribution in [0.25, 0.3) is 5.57 Å². The molecular formula is C16H23NO3S. The van der Waals surface area contributed by atoms with Crippen LogP contribution in [0.5, 0.6) is 0 Å². The predicted molar refractivity (Wildman–Crippen MR) is 85.4 cm³/mol. The highest BCUT2D eigenvalue weighted by Crippen LogP contribution is 2.32. The maximum atomic E-state index is 11.7. The van der Waals surface area contributed by atoms with Crippen LogP contribution in [0.4, 0.5) is 4.79 Å². The molecule has 1 aliphatic rings. The Morgan fingerprint density at radius 3 is 2.76 bits per heavy atom. The number of aliphatic hydroxyl groups is 1. The van der Waals surface area contributed by atoms with Gasteiger partial charge in [-0.1, -0.05) is 11.6 Å². The van der Waals surface area contributed by atoms with E-state index in [2.05, 4.69) is 17.5 Å². The highest BCUT2D eigenvalue weighted by atomic mass is 32.1. The Bertz CT molecular complexity index is 472. The second kappa shape index (κ2) is 8.20. The summed E-state index contributed by atoms with van der Waals surface area (Å²) in [6, 6.07) is 4.20. The number of nitrogens with zero attached hydrogens (tertiary/aromatic N) is 1. The molecule has 1 aromatic heterocycles. The molecule has 0 radical (unpaired) electrons. The molecule has 2 heterocycles. The Morgan fingerprint density at radius 1 is 1.43 bits per heavy atom. The lowest BCUT2D eigenvalue weighted by atomic mass is 9.94. The van der Waals surface area contributed by atoms with Gasteiger partial charge in [0, 0.05) is 24.6 Å². The number of carbonyl (C=O) groups excluding carboxylic acids is 1. The second-order valence-corrected chi connectivity index (χ2v) is 6.02. The molecule has 2 rings (SSSR count). The van der Waals surface area contributed by atoms with Crippen LogP contribution in [0.15, 0.2) is 23.1 Å². The average molecular weight is 309 g/mol. The summed E-state index contributed by atoms with van der Waals surface area (Å²) in [5.74, 6) is 0. The Balaban J connectivity index is 2.06. The van der Waals surface area contributed by atoms with E-state index in [1.54, 1.807) is 16.2 Å². The number of ether oxygens (including phenoxy) is 1. The molecule has 116 valence electrons. The molecule has 4 nitrogen and oxygen atoms in total. The maximum Gasteiger partial charge on any atom is 0.409 e. The third-order valence-corrected chi connectivity index (χ3v) is 4.65. The van der Waals surface area contributed by atoms with Gasteiger partial charge in [0.15, 0.2) is 0 Å². The first kappa shape index (κ1) is 16.0. The van der Waals surface area contributed by atoms with E-state index in [-0.39, 0.29) is 12.7 Å². The fourth-order valence-electron chi connectivity index (χ4n) is 2.66. The number of likely N-dealkylation sites (tertiary alicyclic amines) is 1. The van der Waals surface area contributed by atoms with E-state index in [1.807, 2.05) is 6.92 Å². The highest BCUT2D eigenvalue weighted by molar-refractivity contribution is 7.11. The van der Waals surface area contributed by atoms with Gasteiger partial charge in [0.1, 0.15) is 0 Å². The molecule has 1 saturated heterocycles. The van der Waals surface area contributed by atoms with E-state index in [0.717, 1.165) is 38.8 Å². The van der Waals surface area contributed by atoms with Gasteiger partial charge in [0.25, 0.3) is 0 Å². The summed E-state index contributed by atoms with van der Waals surface area (Å²) in [5.41, 5.74) is 2.79. The van der Waals surface area contributed by atoms with Gasteiger partial charge in [-0.2, -0.15) is 0 Å². The summed E-state index contributed by atoms with van der Waals surface area (Å²) in [4.78, 5) is 14.8. The molecular weight excluding hydrogens is 286 g/mol. The summed E-state index contributed by atoms with van der Waals surface area (Å²) >= 11 is 1.75. The molecule has 0 unspecified atom stereocenters. The average Bonchev–Trinajstić information content (AvgIpc) is 3.03. The Labute approximate surface area is 130 Å². The monoisotopic (exact) mass is 309 g/mol. The second-order valence-electron chi connectivity index (χ2n) is 5.07. The molecule has 1 aromatic rings. The van der Waals surface area contributed by atoms with E-state index < -0.39 is 0 Å². The molecule has 5 heteroatoms. The lowest BCUT2D eigenvalue weighted by Gasteiger charge is -2.29.